The predicted octanol–water partition coefficient (Wildman–Crippen LogP) is 5.08. The molecule has 0 aromatic heterocycles. The highest BCUT2D eigenvalue weighted by Crippen LogP contribution is 2.41. The first-order valence-corrected chi connectivity index (χ1v) is 11.7. The molecule has 0 fully saturated rings. The number of hydrogen-bond donors (Lipinski definition) is 4. The van der Waals surface area contributed by atoms with Crippen molar-refractivity contribution in [2.24, 2.45) is 10.2 Å². The average Bonchev–Trinajstić information content (AvgIpc) is 3.30. The first kappa shape index (κ1) is 24.4. The van der Waals surface area contributed by atoms with E-state index < -0.39 is 5.91 Å². The molecule has 38 heavy (non-hydrogen) atoms. The molecule has 4 N–H and O–H groups in total. The molecule has 0 saturated heterocycles. The van der Waals surface area contributed by atoms with Gasteiger partial charge in [0.25, 0.3) is 11.8 Å². The topological polar surface area (TPSA) is 141 Å². The van der Waals surface area contributed by atoms with Gasteiger partial charge in [0.2, 0.25) is 5.91 Å². The molecular weight excluding hydrogens is 486 g/mol. The molecule has 3 amide bonds. The van der Waals surface area contributed by atoms with Gasteiger partial charge in [-0.05, 0) is 47.3 Å². The summed E-state index contributed by atoms with van der Waals surface area (Å²) in [6.45, 7) is 0. The summed E-state index contributed by atoms with van der Waals surface area (Å²) in [5.41, 5.74) is 2.65. The lowest BCUT2D eigenvalue weighted by Crippen LogP contribution is -2.17. The van der Waals surface area contributed by atoms with Gasteiger partial charge in [0, 0.05) is 29.4 Å². The number of azo groups is 1. The number of ether oxygens (including phenoxy) is 1. The quantitative estimate of drug-likeness (QED) is 0.268. The van der Waals surface area contributed by atoms with Gasteiger partial charge in [-0.15, -0.1) is 10.2 Å². The van der Waals surface area contributed by atoms with Gasteiger partial charge in [-0.1, -0.05) is 30.3 Å². The molecule has 0 unspecified atom stereocenters. The largest absolute Gasteiger partial charge is 0.505 e. The number of anilines is 2. The number of nitrogens with zero attached hydrogens (tertiary/aromatic N) is 2. The molecule has 5 rings (SSSR count). The van der Waals surface area contributed by atoms with Gasteiger partial charge in [0.05, 0.1) is 19.1 Å². The number of methoxy groups -OCH3 is 1. The van der Waals surface area contributed by atoms with E-state index in [0.717, 1.165) is 5.56 Å². The standard InChI is InChI=1S/C28H23N5O5/c1-29-27(36)17-8-10-23(38-2)22(12-17)32-33-25-19-6-4-3-5-15(19)11-20(26(25)35)28(37)30-18-9-7-16-13-24(34)31-21(16)14-18/h3-12,14,35H,13H2,1-2H3,(H,29,36)(H,30,37)(H,31,34). The van der Waals surface area contributed by atoms with Crippen LogP contribution in [0.1, 0.15) is 26.3 Å². The number of benzene rings is 4. The van der Waals surface area contributed by atoms with Crippen LogP contribution in [0.5, 0.6) is 11.5 Å². The van der Waals surface area contributed by atoms with Crippen molar-refractivity contribution < 1.29 is 24.2 Å². The lowest BCUT2D eigenvalue weighted by atomic mass is 10.0. The Kier molecular flexibility index (Phi) is 6.44. The molecule has 10 heteroatoms. The monoisotopic (exact) mass is 509 g/mol. The zero-order valence-electron chi connectivity index (χ0n) is 20.5. The summed E-state index contributed by atoms with van der Waals surface area (Å²) in [6.07, 6.45) is 0.292. The Bertz CT molecular complexity index is 1650. The minimum atomic E-state index is -0.562. The molecule has 1 aliphatic heterocycles. The number of phenolic OH excluding ortho intramolecular Hbond substituents is 1. The second kappa shape index (κ2) is 10.0. The molecule has 190 valence electrons. The first-order chi connectivity index (χ1) is 18.4. The molecule has 0 saturated carbocycles. The second-order valence-corrected chi connectivity index (χ2v) is 8.56. The Morgan fingerprint density at radius 3 is 2.61 bits per heavy atom. The number of nitrogens with one attached hydrogen (secondary N) is 3. The van der Waals surface area contributed by atoms with E-state index in [1.807, 2.05) is 0 Å². The third kappa shape index (κ3) is 4.62. The van der Waals surface area contributed by atoms with E-state index in [4.69, 9.17) is 4.74 Å². The SMILES string of the molecule is CNC(=O)c1ccc(OC)c(N=Nc2c(O)c(C(=O)Nc3ccc4c(c3)NC(=O)C4)cc3ccccc23)c1. The zero-order valence-corrected chi connectivity index (χ0v) is 20.5. The fourth-order valence-electron chi connectivity index (χ4n) is 4.24. The van der Waals surface area contributed by atoms with Crippen LogP contribution in [-0.2, 0) is 11.2 Å². The molecule has 1 heterocycles. The summed E-state index contributed by atoms with van der Waals surface area (Å²) >= 11 is 0. The number of hydrogen-bond acceptors (Lipinski definition) is 7. The number of carbonyl (C=O) groups is 3. The normalized spacial score (nSPS) is 12.3. The number of phenols is 1. The van der Waals surface area contributed by atoms with Crippen LogP contribution < -0.4 is 20.7 Å². The molecule has 0 radical (unpaired) electrons. The van der Waals surface area contributed by atoms with E-state index in [-0.39, 0.29) is 34.5 Å². The number of carbonyl (C=O) groups excluding carboxylic acids is 3. The summed E-state index contributed by atoms with van der Waals surface area (Å²) in [6, 6.07) is 18.6. The fourth-order valence-corrected chi connectivity index (χ4v) is 4.24. The van der Waals surface area contributed by atoms with Crippen molar-refractivity contribution in [2.75, 3.05) is 24.8 Å². The third-order valence-electron chi connectivity index (χ3n) is 6.16. The Labute approximate surface area is 217 Å². The number of rotatable bonds is 6. The van der Waals surface area contributed by atoms with Crippen LogP contribution >= 0.6 is 0 Å². The smallest absolute Gasteiger partial charge is 0.259 e. The van der Waals surface area contributed by atoms with Crippen LogP contribution in [0.25, 0.3) is 10.8 Å². The maximum atomic E-state index is 13.2. The second-order valence-electron chi connectivity index (χ2n) is 8.56. The summed E-state index contributed by atoms with van der Waals surface area (Å²) in [4.78, 5) is 37.0. The van der Waals surface area contributed by atoms with Crippen molar-refractivity contribution in [1.29, 1.82) is 0 Å². The van der Waals surface area contributed by atoms with Gasteiger partial charge < -0.3 is 25.8 Å². The Morgan fingerprint density at radius 2 is 1.82 bits per heavy atom. The van der Waals surface area contributed by atoms with E-state index in [1.165, 1.54) is 20.2 Å². The summed E-state index contributed by atoms with van der Waals surface area (Å²) in [5.74, 6) is -0.956. The first-order valence-electron chi connectivity index (χ1n) is 11.7. The van der Waals surface area contributed by atoms with E-state index in [0.29, 0.717) is 39.9 Å². The highest BCUT2D eigenvalue weighted by atomic mass is 16.5. The van der Waals surface area contributed by atoms with Crippen molar-refractivity contribution in [2.45, 2.75) is 6.42 Å². The van der Waals surface area contributed by atoms with Gasteiger partial charge in [-0.25, -0.2) is 0 Å². The molecule has 4 aromatic rings. The summed E-state index contributed by atoms with van der Waals surface area (Å²) < 4.78 is 5.35. The van der Waals surface area contributed by atoms with E-state index >= 15 is 0 Å². The minimum absolute atomic E-state index is 0.00624. The van der Waals surface area contributed by atoms with Crippen LogP contribution in [0.3, 0.4) is 0 Å². The molecule has 0 spiro atoms. The van der Waals surface area contributed by atoms with Crippen LogP contribution in [-0.4, -0.2) is 37.0 Å². The highest BCUT2D eigenvalue weighted by molar-refractivity contribution is 6.12. The van der Waals surface area contributed by atoms with Gasteiger partial charge in [0.1, 0.15) is 17.1 Å². The minimum Gasteiger partial charge on any atom is -0.505 e. The Hall–Kier alpha value is -5.25. The maximum Gasteiger partial charge on any atom is 0.259 e. The van der Waals surface area contributed by atoms with E-state index in [2.05, 4.69) is 26.2 Å². The third-order valence-corrected chi connectivity index (χ3v) is 6.16. The van der Waals surface area contributed by atoms with Gasteiger partial charge >= 0.3 is 0 Å². The molecule has 0 aliphatic carbocycles. The van der Waals surface area contributed by atoms with Crippen molar-refractivity contribution in [3.63, 3.8) is 0 Å². The fraction of sp³-hybridized carbons (Fsp3) is 0.107. The van der Waals surface area contributed by atoms with Crippen LogP contribution in [0, 0.1) is 0 Å². The highest BCUT2D eigenvalue weighted by Gasteiger charge is 2.21. The van der Waals surface area contributed by atoms with E-state index in [9.17, 15) is 19.5 Å². The lowest BCUT2D eigenvalue weighted by Gasteiger charge is -2.12. The maximum absolute atomic E-state index is 13.2. The molecule has 0 atom stereocenters. The number of aromatic hydroxyl groups is 1. The van der Waals surface area contributed by atoms with Crippen LogP contribution in [0.4, 0.5) is 22.7 Å². The molecule has 10 nitrogen and oxygen atoms in total. The Balaban J connectivity index is 1.53. The van der Waals surface area contributed by atoms with Crippen molar-refractivity contribution in [3.05, 3.63) is 83.4 Å². The van der Waals surface area contributed by atoms with Crippen molar-refractivity contribution in [3.8, 4) is 11.5 Å². The lowest BCUT2D eigenvalue weighted by molar-refractivity contribution is -0.115. The van der Waals surface area contributed by atoms with Gasteiger partial charge in [0.15, 0.2) is 5.75 Å². The summed E-state index contributed by atoms with van der Waals surface area (Å²) in [5, 5.41) is 29.0. The van der Waals surface area contributed by atoms with Gasteiger partial charge in [-0.2, -0.15) is 0 Å². The van der Waals surface area contributed by atoms with Crippen LogP contribution in [0.2, 0.25) is 0 Å². The predicted molar refractivity (Wildman–Crippen MR) is 143 cm³/mol. The van der Waals surface area contributed by atoms with Crippen LogP contribution in [0.15, 0.2) is 77.0 Å². The molecule has 0 bridgehead atoms. The number of fused-ring (bicyclic) bond motifs is 2. The Morgan fingerprint density at radius 1 is 1.00 bits per heavy atom. The molecule has 4 aromatic carbocycles. The molecule has 1 aliphatic rings. The molecular formula is C28H23N5O5. The average molecular weight is 510 g/mol. The van der Waals surface area contributed by atoms with Gasteiger partial charge in [-0.3, -0.25) is 14.4 Å². The zero-order chi connectivity index (χ0) is 26.8. The van der Waals surface area contributed by atoms with Crippen molar-refractivity contribution in [1.82, 2.24) is 5.32 Å². The number of amides is 3. The van der Waals surface area contributed by atoms with Crippen molar-refractivity contribution >= 4 is 51.2 Å². The summed E-state index contributed by atoms with van der Waals surface area (Å²) in [7, 11) is 2.99. The van der Waals surface area contributed by atoms with E-state index in [1.54, 1.807) is 60.7 Å².